The average Bonchev–Trinajstić information content (AvgIpc) is 2.18. The van der Waals surface area contributed by atoms with Crippen molar-refractivity contribution in [3.8, 4) is 0 Å². The van der Waals surface area contributed by atoms with Gasteiger partial charge in [0.2, 0.25) is 5.89 Å². The van der Waals surface area contributed by atoms with E-state index in [0.717, 1.165) is 0 Å². The first kappa shape index (κ1) is 8.62. The number of hydrogen-bond acceptors (Lipinski definition) is 4. The Balaban J connectivity index is 2.79. The molecule has 0 fully saturated rings. The Hall–Kier alpha value is -1.97. The van der Waals surface area contributed by atoms with Gasteiger partial charge in [-0.05, 0) is 25.1 Å². The largest absolute Gasteiger partial charge is 0.404 e. The first-order valence-electron chi connectivity index (χ1n) is 4.20. The Bertz CT molecular complexity index is 543. The molecule has 2 aromatic heterocycles. The molecule has 0 N–H and O–H groups in total. The van der Waals surface area contributed by atoms with Crippen LogP contribution < -0.4 is 5.63 Å². The highest BCUT2D eigenvalue weighted by molar-refractivity contribution is 5.72. The Morgan fingerprint density at radius 2 is 2.36 bits per heavy atom. The van der Waals surface area contributed by atoms with Crippen molar-refractivity contribution >= 4 is 17.1 Å². The van der Waals surface area contributed by atoms with E-state index in [-0.39, 0.29) is 5.89 Å². The van der Waals surface area contributed by atoms with Gasteiger partial charge in [-0.2, -0.15) is 4.98 Å². The lowest BCUT2D eigenvalue weighted by Gasteiger charge is -1.94. The van der Waals surface area contributed by atoms with E-state index >= 15 is 0 Å². The van der Waals surface area contributed by atoms with Gasteiger partial charge in [0, 0.05) is 6.20 Å². The molecule has 0 spiro atoms. The molecule has 0 amide bonds. The number of rotatable bonds is 1. The van der Waals surface area contributed by atoms with Crippen molar-refractivity contribution in [3.05, 3.63) is 40.7 Å². The lowest BCUT2D eigenvalue weighted by atomic mass is 10.3. The van der Waals surface area contributed by atoms with Gasteiger partial charge in [0.15, 0.2) is 5.65 Å². The number of nitrogens with zero attached hydrogens (tertiary/aromatic N) is 2. The second kappa shape index (κ2) is 3.41. The Morgan fingerprint density at radius 1 is 1.50 bits per heavy atom. The molecule has 70 valence electrons. The molecule has 2 aromatic rings. The van der Waals surface area contributed by atoms with Crippen molar-refractivity contribution < 1.29 is 4.42 Å². The molecule has 0 saturated heterocycles. The van der Waals surface area contributed by atoms with E-state index in [2.05, 4.69) is 9.97 Å². The second-order valence-electron chi connectivity index (χ2n) is 2.71. The van der Waals surface area contributed by atoms with E-state index < -0.39 is 5.63 Å². The van der Waals surface area contributed by atoms with Gasteiger partial charge in [-0.25, -0.2) is 9.78 Å². The van der Waals surface area contributed by atoms with E-state index in [1.807, 2.05) is 6.92 Å². The fourth-order valence-electron chi connectivity index (χ4n) is 1.14. The molecule has 0 aliphatic rings. The molecule has 0 atom stereocenters. The SMILES string of the molecule is CC=Cc1nc2ncccc2c(=O)o1. The second-order valence-corrected chi connectivity index (χ2v) is 2.71. The summed E-state index contributed by atoms with van der Waals surface area (Å²) in [5.74, 6) is 0.281. The summed E-state index contributed by atoms with van der Waals surface area (Å²) in [4.78, 5) is 19.4. The molecule has 0 unspecified atom stereocenters. The van der Waals surface area contributed by atoms with Gasteiger partial charge in [0.25, 0.3) is 0 Å². The van der Waals surface area contributed by atoms with Gasteiger partial charge in [-0.1, -0.05) is 6.08 Å². The van der Waals surface area contributed by atoms with Crippen LogP contribution in [0.3, 0.4) is 0 Å². The molecule has 0 radical (unpaired) electrons. The quantitative estimate of drug-likeness (QED) is 0.682. The van der Waals surface area contributed by atoms with Crippen molar-refractivity contribution in [2.24, 2.45) is 0 Å². The van der Waals surface area contributed by atoms with Crippen LogP contribution >= 0.6 is 0 Å². The standard InChI is InChI=1S/C10H8N2O2/c1-2-4-8-12-9-7(10(13)14-8)5-3-6-11-9/h2-6H,1H3. The highest BCUT2D eigenvalue weighted by Crippen LogP contribution is 2.04. The Kier molecular flexibility index (Phi) is 2.10. The van der Waals surface area contributed by atoms with Crippen LogP contribution in [0.1, 0.15) is 12.8 Å². The molecule has 4 heteroatoms. The molecule has 0 saturated carbocycles. The summed E-state index contributed by atoms with van der Waals surface area (Å²) in [7, 11) is 0. The van der Waals surface area contributed by atoms with Crippen LogP contribution in [0.5, 0.6) is 0 Å². The molecule has 0 aromatic carbocycles. The van der Waals surface area contributed by atoms with Gasteiger partial charge < -0.3 is 4.42 Å². The van der Waals surface area contributed by atoms with Crippen LogP contribution in [0.4, 0.5) is 0 Å². The molecule has 2 rings (SSSR count). The summed E-state index contributed by atoms with van der Waals surface area (Å²) >= 11 is 0. The third-order valence-electron chi connectivity index (χ3n) is 1.73. The van der Waals surface area contributed by atoms with Crippen LogP contribution in [-0.2, 0) is 0 Å². The van der Waals surface area contributed by atoms with Crippen LogP contribution in [0.2, 0.25) is 0 Å². The molecule has 4 nitrogen and oxygen atoms in total. The van der Waals surface area contributed by atoms with Crippen molar-refractivity contribution in [3.63, 3.8) is 0 Å². The van der Waals surface area contributed by atoms with E-state index in [9.17, 15) is 4.79 Å². The van der Waals surface area contributed by atoms with Crippen molar-refractivity contribution in [1.29, 1.82) is 0 Å². The fourth-order valence-corrected chi connectivity index (χ4v) is 1.14. The zero-order valence-corrected chi connectivity index (χ0v) is 7.60. The minimum atomic E-state index is -0.406. The molecule has 2 heterocycles. The molecule has 0 bridgehead atoms. The van der Waals surface area contributed by atoms with E-state index in [1.165, 1.54) is 0 Å². The first-order valence-corrected chi connectivity index (χ1v) is 4.20. The van der Waals surface area contributed by atoms with Crippen molar-refractivity contribution in [2.75, 3.05) is 0 Å². The van der Waals surface area contributed by atoms with Crippen molar-refractivity contribution in [1.82, 2.24) is 9.97 Å². The minimum absolute atomic E-state index is 0.281. The van der Waals surface area contributed by atoms with Gasteiger partial charge in [-0.3, -0.25) is 0 Å². The zero-order chi connectivity index (χ0) is 9.97. The van der Waals surface area contributed by atoms with E-state index in [4.69, 9.17) is 4.42 Å². The fraction of sp³-hybridized carbons (Fsp3) is 0.100. The minimum Gasteiger partial charge on any atom is -0.404 e. The van der Waals surface area contributed by atoms with Crippen LogP contribution in [0, 0.1) is 0 Å². The van der Waals surface area contributed by atoms with Crippen LogP contribution in [0.25, 0.3) is 17.1 Å². The number of hydrogen-bond donors (Lipinski definition) is 0. The lowest BCUT2D eigenvalue weighted by molar-refractivity contribution is 0.489. The zero-order valence-electron chi connectivity index (χ0n) is 7.60. The van der Waals surface area contributed by atoms with Gasteiger partial charge in [-0.15, -0.1) is 0 Å². The summed E-state index contributed by atoms with van der Waals surface area (Å²) in [6.07, 6.45) is 4.96. The number of fused-ring (bicyclic) bond motifs is 1. The molecule has 0 aliphatic heterocycles. The summed E-state index contributed by atoms with van der Waals surface area (Å²) in [5, 5.41) is 0.403. The Morgan fingerprint density at radius 3 is 3.14 bits per heavy atom. The lowest BCUT2D eigenvalue weighted by Crippen LogP contribution is -2.03. The third-order valence-corrected chi connectivity index (χ3v) is 1.73. The highest BCUT2D eigenvalue weighted by atomic mass is 16.4. The maximum Gasteiger partial charge on any atom is 0.348 e. The molecule has 0 aliphatic carbocycles. The monoisotopic (exact) mass is 188 g/mol. The first-order chi connectivity index (χ1) is 6.81. The Labute approximate surface area is 79.9 Å². The van der Waals surface area contributed by atoms with E-state index in [0.29, 0.717) is 11.0 Å². The number of pyridine rings is 1. The topological polar surface area (TPSA) is 56.0 Å². The smallest absolute Gasteiger partial charge is 0.348 e. The summed E-state index contributed by atoms with van der Waals surface area (Å²) < 4.78 is 4.94. The summed E-state index contributed by atoms with van der Waals surface area (Å²) in [5.41, 5.74) is 0.00745. The van der Waals surface area contributed by atoms with Crippen molar-refractivity contribution in [2.45, 2.75) is 6.92 Å². The average molecular weight is 188 g/mol. The van der Waals surface area contributed by atoms with E-state index in [1.54, 1.807) is 30.5 Å². The van der Waals surface area contributed by atoms with Crippen LogP contribution in [0.15, 0.2) is 33.6 Å². The highest BCUT2D eigenvalue weighted by Gasteiger charge is 2.03. The molecular weight excluding hydrogens is 180 g/mol. The predicted octanol–water partition coefficient (Wildman–Crippen LogP) is 1.62. The molecule has 14 heavy (non-hydrogen) atoms. The predicted molar refractivity (Wildman–Crippen MR) is 52.8 cm³/mol. The van der Waals surface area contributed by atoms with Gasteiger partial charge in [0.05, 0.1) is 0 Å². The van der Waals surface area contributed by atoms with Gasteiger partial charge >= 0.3 is 5.63 Å². The van der Waals surface area contributed by atoms with Crippen LogP contribution in [-0.4, -0.2) is 9.97 Å². The number of allylic oxidation sites excluding steroid dienone is 1. The maximum atomic E-state index is 11.4. The van der Waals surface area contributed by atoms with Gasteiger partial charge in [0.1, 0.15) is 5.39 Å². The normalized spacial score (nSPS) is 11.2. The molecular formula is C10H8N2O2. The summed E-state index contributed by atoms with van der Waals surface area (Å²) in [6.45, 7) is 1.82. The third kappa shape index (κ3) is 1.42. The summed E-state index contributed by atoms with van der Waals surface area (Å²) in [6, 6.07) is 3.32. The number of aromatic nitrogens is 2. The maximum absolute atomic E-state index is 11.4.